The number of rotatable bonds is 6. The molecule has 0 aliphatic heterocycles. The predicted octanol–water partition coefficient (Wildman–Crippen LogP) is 1.67. The van der Waals surface area contributed by atoms with E-state index in [1.165, 1.54) is 6.07 Å². The summed E-state index contributed by atoms with van der Waals surface area (Å²) in [5.74, 6) is -0.665. The summed E-state index contributed by atoms with van der Waals surface area (Å²) in [6.07, 6.45) is 1.16. The summed E-state index contributed by atoms with van der Waals surface area (Å²) in [5.41, 5.74) is 0.924. The van der Waals surface area contributed by atoms with Gasteiger partial charge in [-0.2, -0.15) is 0 Å². The lowest BCUT2D eigenvalue weighted by atomic mass is 10.2. The molecule has 0 spiro atoms. The number of benzene rings is 1. The van der Waals surface area contributed by atoms with Crippen molar-refractivity contribution in [3.8, 4) is 0 Å². The Balaban J connectivity index is 1.89. The van der Waals surface area contributed by atoms with Crippen LogP contribution in [-0.4, -0.2) is 25.7 Å². The molecule has 6 nitrogen and oxygen atoms in total. The Hall–Kier alpha value is -2.12. The van der Waals surface area contributed by atoms with E-state index in [0.717, 1.165) is 11.8 Å². The maximum Gasteiger partial charge on any atom is 0.371 e. The standard InChI is InChI=1S/C14H15NO5S/c1-21(18,19)12-5-2-10(3-6-12)8-15-9-11-4-7-13(20-11)14(16)17/h2-7,15H,8-9H2,1H3,(H,16,17). The number of carbonyl (C=O) groups is 1. The molecule has 1 aromatic carbocycles. The maximum absolute atomic E-state index is 11.3. The molecule has 1 aromatic heterocycles. The molecule has 0 aliphatic carbocycles. The van der Waals surface area contributed by atoms with Gasteiger partial charge in [0, 0.05) is 12.8 Å². The van der Waals surface area contributed by atoms with Crippen LogP contribution in [0.5, 0.6) is 0 Å². The van der Waals surface area contributed by atoms with Gasteiger partial charge in [0.25, 0.3) is 0 Å². The number of hydrogen-bond donors (Lipinski definition) is 2. The van der Waals surface area contributed by atoms with Gasteiger partial charge in [0.15, 0.2) is 9.84 Å². The molecule has 2 rings (SSSR count). The van der Waals surface area contributed by atoms with Crippen molar-refractivity contribution in [2.75, 3.05) is 6.26 Å². The van der Waals surface area contributed by atoms with E-state index >= 15 is 0 Å². The molecule has 0 radical (unpaired) electrons. The summed E-state index contributed by atoms with van der Waals surface area (Å²) >= 11 is 0. The second-order valence-electron chi connectivity index (χ2n) is 4.59. The summed E-state index contributed by atoms with van der Waals surface area (Å²) in [7, 11) is -3.18. The number of furan rings is 1. The zero-order valence-corrected chi connectivity index (χ0v) is 12.2. The van der Waals surface area contributed by atoms with Gasteiger partial charge in [0.05, 0.1) is 11.4 Å². The van der Waals surface area contributed by atoms with Crippen molar-refractivity contribution in [2.24, 2.45) is 0 Å². The Morgan fingerprint density at radius 1 is 1.14 bits per heavy atom. The molecular weight excluding hydrogens is 294 g/mol. The van der Waals surface area contributed by atoms with E-state index < -0.39 is 15.8 Å². The molecular formula is C14H15NO5S. The van der Waals surface area contributed by atoms with Crippen LogP contribution in [0, 0.1) is 0 Å². The summed E-state index contributed by atoms with van der Waals surface area (Å²) in [5, 5.41) is 11.8. The Morgan fingerprint density at radius 2 is 1.81 bits per heavy atom. The van der Waals surface area contributed by atoms with Crippen LogP contribution in [0.4, 0.5) is 0 Å². The minimum Gasteiger partial charge on any atom is -0.475 e. The lowest BCUT2D eigenvalue weighted by Crippen LogP contribution is -2.12. The van der Waals surface area contributed by atoms with Crippen molar-refractivity contribution in [3.63, 3.8) is 0 Å². The molecule has 7 heteroatoms. The number of nitrogens with one attached hydrogen (secondary N) is 1. The fourth-order valence-electron chi connectivity index (χ4n) is 1.77. The number of hydrogen-bond acceptors (Lipinski definition) is 5. The molecule has 0 atom stereocenters. The lowest BCUT2D eigenvalue weighted by molar-refractivity contribution is 0.0660. The van der Waals surface area contributed by atoms with Crippen LogP contribution in [0.2, 0.25) is 0 Å². The largest absolute Gasteiger partial charge is 0.475 e. The quantitative estimate of drug-likeness (QED) is 0.842. The maximum atomic E-state index is 11.3. The lowest BCUT2D eigenvalue weighted by Gasteiger charge is -2.04. The van der Waals surface area contributed by atoms with Crippen LogP contribution in [0.15, 0.2) is 45.7 Å². The van der Waals surface area contributed by atoms with E-state index in [1.807, 2.05) is 0 Å². The molecule has 0 bridgehead atoms. The van der Waals surface area contributed by atoms with Crippen molar-refractivity contribution in [1.82, 2.24) is 5.32 Å². The second-order valence-corrected chi connectivity index (χ2v) is 6.61. The number of sulfone groups is 1. The second kappa shape index (κ2) is 6.11. The van der Waals surface area contributed by atoms with Gasteiger partial charge >= 0.3 is 5.97 Å². The summed E-state index contributed by atoms with van der Waals surface area (Å²) in [6, 6.07) is 9.58. The van der Waals surface area contributed by atoms with Gasteiger partial charge < -0.3 is 14.8 Å². The Kier molecular flexibility index (Phi) is 4.44. The molecule has 0 aliphatic rings. The average Bonchev–Trinajstić information content (AvgIpc) is 2.87. The van der Waals surface area contributed by atoms with Crippen molar-refractivity contribution in [1.29, 1.82) is 0 Å². The number of carboxylic acids is 1. The van der Waals surface area contributed by atoms with Gasteiger partial charge in [-0.25, -0.2) is 13.2 Å². The zero-order valence-electron chi connectivity index (χ0n) is 11.4. The number of carboxylic acid groups (broad SMARTS) is 1. The van der Waals surface area contributed by atoms with Crippen LogP contribution in [0.1, 0.15) is 21.9 Å². The van der Waals surface area contributed by atoms with E-state index in [-0.39, 0.29) is 10.7 Å². The molecule has 21 heavy (non-hydrogen) atoms. The summed E-state index contributed by atoms with van der Waals surface area (Å²) < 4.78 is 27.8. The molecule has 1 heterocycles. The number of aromatic carboxylic acids is 1. The van der Waals surface area contributed by atoms with Gasteiger partial charge in [-0.15, -0.1) is 0 Å². The van der Waals surface area contributed by atoms with Crippen LogP contribution in [-0.2, 0) is 22.9 Å². The first-order valence-electron chi connectivity index (χ1n) is 6.18. The van der Waals surface area contributed by atoms with Crippen molar-refractivity contribution in [2.45, 2.75) is 18.0 Å². The van der Waals surface area contributed by atoms with Gasteiger partial charge in [-0.05, 0) is 29.8 Å². The van der Waals surface area contributed by atoms with Crippen LogP contribution >= 0.6 is 0 Å². The highest BCUT2D eigenvalue weighted by atomic mass is 32.2. The first-order chi connectivity index (χ1) is 9.86. The smallest absolute Gasteiger partial charge is 0.371 e. The highest BCUT2D eigenvalue weighted by Gasteiger charge is 2.09. The average molecular weight is 309 g/mol. The van der Waals surface area contributed by atoms with E-state index in [9.17, 15) is 13.2 Å². The Labute approximate surface area is 122 Å². The fourth-order valence-corrected chi connectivity index (χ4v) is 2.40. The van der Waals surface area contributed by atoms with Crippen molar-refractivity contribution in [3.05, 3.63) is 53.5 Å². The van der Waals surface area contributed by atoms with Gasteiger partial charge in [-0.3, -0.25) is 0 Å². The van der Waals surface area contributed by atoms with E-state index in [2.05, 4.69) is 5.32 Å². The molecule has 112 valence electrons. The molecule has 0 saturated carbocycles. The Morgan fingerprint density at radius 3 is 2.33 bits per heavy atom. The summed E-state index contributed by atoms with van der Waals surface area (Å²) in [6.45, 7) is 0.911. The van der Waals surface area contributed by atoms with Gasteiger partial charge in [0.1, 0.15) is 5.76 Å². The first kappa shape index (κ1) is 15.3. The third kappa shape index (κ3) is 4.17. The highest BCUT2D eigenvalue weighted by molar-refractivity contribution is 7.90. The first-order valence-corrected chi connectivity index (χ1v) is 8.07. The summed E-state index contributed by atoms with van der Waals surface area (Å²) in [4.78, 5) is 10.9. The van der Waals surface area contributed by atoms with Gasteiger partial charge in [0.2, 0.25) is 5.76 Å². The third-order valence-corrected chi connectivity index (χ3v) is 3.98. The van der Waals surface area contributed by atoms with Crippen LogP contribution in [0.3, 0.4) is 0 Å². The van der Waals surface area contributed by atoms with Crippen molar-refractivity contribution >= 4 is 15.8 Å². The topological polar surface area (TPSA) is 96.6 Å². The molecule has 0 fully saturated rings. The Bertz CT molecular complexity index is 731. The molecule has 0 unspecified atom stereocenters. The molecule has 2 aromatic rings. The van der Waals surface area contributed by atoms with E-state index in [1.54, 1.807) is 30.3 Å². The van der Waals surface area contributed by atoms with Crippen molar-refractivity contribution < 1.29 is 22.7 Å². The minimum absolute atomic E-state index is 0.0932. The monoisotopic (exact) mass is 309 g/mol. The van der Waals surface area contributed by atoms with E-state index in [4.69, 9.17) is 9.52 Å². The zero-order chi connectivity index (χ0) is 15.5. The van der Waals surface area contributed by atoms with Gasteiger partial charge in [-0.1, -0.05) is 12.1 Å². The highest BCUT2D eigenvalue weighted by Crippen LogP contribution is 2.11. The predicted molar refractivity (Wildman–Crippen MR) is 75.8 cm³/mol. The normalized spacial score (nSPS) is 11.5. The SMILES string of the molecule is CS(=O)(=O)c1ccc(CNCc2ccc(C(=O)O)o2)cc1. The fraction of sp³-hybridized carbons (Fsp3) is 0.214. The van der Waals surface area contributed by atoms with Crippen LogP contribution in [0.25, 0.3) is 0 Å². The molecule has 2 N–H and O–H groups in total. The van der Waals surface area contributed by atoms with E-state index in [0.29, 0.717) is 18.8 Å². The molecule has 0 saturated heterocycles. The van der Waals surface area contributed by atoms with Crippen LogP contribution < -0.4 is 5.32 Å². The third-order valence-electron chi connectivity index (χ3n) is 2.85. The molecule has 0 amide bonds. The minimum atomic E-state index is -3.18.